The number of fused-ring (bicyclic) bond motifs is 1. The standard InChI is InChI=1S/C21H15ClN4O3/c1-29-14-10-8-13(9-11-14)24-20(27)19-25-16-6-3-2-5-15(16)21(28)26(19)17-7-4-12-23-18(17)22/h2-12H,1H3,(H,24,27). The first-order valence-electron chi connectivity index (χ1n) is 8.66. The van der Waals surface area contributed by atoms with Gasteiger partial charge in [-0.1, -0.05) is 23.7 Å². The molecule has 2 aromatic heterocycles. The van der Waals surface area contributed by atoms with E-state index in [2.05, 4.69) is 15.3 Å². The molecule has 0 aliphatic carbocycles. The fourth-order valence-electron chi connectivity index (χ4n) is 2.91. The highest BCUT2D eigenvalue weighted by Crippen LogP contribution is 2.20. The minimum absolute atomic E-state index is 0.0881. The van der Waals surface area contributed by atoms with Crippen LogP contribution in [0.25, 0.3) is 16.6 Å². The molecule has 0 aliphatic heterocycles. The summed E-state index contributed by atoms with van der Waals surface area (Å²) in [6.07, 6.45) is 1.50. The van der Waals surface area contributed by atoms with Crippen molar-refractivity contribution < 1.29 is 9.53 Å². The highest BCUT2D eigenvalue weighted by molar-refractivity contribution is 6.31. The lowest BCUT2D eigenvalue weighted by molar-refractivity contribution is 0.101. The van der Waals surface area contributed by atoms with Gasteiger partial charge >= 0.3 is 0 Å². The molecule has 29 heavy (non-hydrogen) atoms. The number of halogens is 1. The number of rotatable bonds is 4. The van der Waals surface area contributed by atoms with Crippen molar-refractivity contribution in [2.24, 2.45) is 0 Å². The molecule has 4 aromatic rings. The van der Waals surface area contributed by atoms with Crippen LogP contribution in [0, 0.1) is 0 Å². The van der Waals surface area contributed by atoms with Crippen LogP contribution in [0.5, 0.6) is 5.75 Å². The van der Waals surface area contributed by atoms with Crippen molar-refractivity contribution in [3.63, 3.8) is 0 Å². The van der Waals surface area contributed by atoms with Gasteiger partial charge in [0.25, 0.3) is 11.5 Å². The normalized spacial score (nSPS) is 10.7. The number of hydrogen-bond acceptors (Lipinski definition) is 5. The maximum atomic E-state index is 13.2. The van der Waals surface area contributed by atoms with Gasteiger partial charge in [0.2, 0.25) is 5.82 Å². The first-order chi connectivity index (χ1) is 14.1. The van der Waals surface area contributed by atoms with Crippen LogP contribution in [0.15, 0.2) is 71.7 Å². The Bertz CT molecular complexity index is 1270. The second-order valence-corrected chi connectivity index (χ2v) is 6.45. The van der Waals surface area contributed by atoms with E-state index in [4.69, 9.17) is 16.3 Å². The Kier molecular flexibility index (Phi) is 4.97. The first-order valence-corrected chi connectivity index (χ1v) is 9.04. The Morgan fingerprint density at radius 2 is 1.83 bits per heavy atom. The third-order valence-corrected chi connectivity index (χ3v) is 4.60. The van der Waals surface area contributed by atoms with Gasteiger partial charge in [-0.05, 0) is 48.5 Å². The molecule has 8 heteroatoms. The van der Waals surface area contributed by atoms with Crippen molar-refractivity contribution in [2.75, 3.05) is 12.4 Å². The van der Waals surface area contributed by atoms with E-state index in [0.717, 1.165) is 0 Å². The smallest absolute Gasteiger partial charge is 0.292 e. The highest BCUT2D eigenvalue weighted by atomic mass is 35.5. The molecule has 0 saturated carbocycles. The van der Waals surface area contributed by atoms with Crippen molar-refractivity contribution in [3.05, 3.63) is 88.2 Å². The number of para-hydroxylation sites is 1. The monoisotopic (exact) mass is 406 g/mol. The summed E-state index contributed by atoms with van der Waals surface area (Å²) in [6, 6.07) is 16.9. The molecule has 0 spiro atoms. The lowest BCUT2D eigenvalue weighted by Gasteiger charge is -2.14. The van der Waals surface area contributed by atoms with Crippen molar-refractivity contribution in [3.8, 4) is 11.4 Å². The number of carbonyl (C=O) groups excluding carboxylic acids is 1. The van der Waals surface area contributed by atoms with Crippen molar-refractivity contribution >= 4 is 34.1 Å². The highest BCUT2D eigenvalue weighted by Gasteiger charge is 2.20. The van der Waals surface area contributed by atoms with Gasteiger partial charge in [-0.25, -0.2) is 9.97 Å². The van der Waals surface area contributed by atoms with E-state index in [9.17, 15) is 9.59 Å². The molecule has 1 N–H and O–H groups in total. The van der Waals surface area contributed by atoms with Crippen molar-refractivity contribution in [1.29, 1.82) is 0 Å². The number of carbonyl (C=O) groups is 1. The number of hydrogen-bond donors (Lipinski definition) is 1. The zero-order valence-electron chi connectivity index (χ0n) is 15.3. The van der Waals surface area contributed by atoms with E-state index in [1.54, 1.807) is 67.8 Å². The van der Waals surface area contributed by atoms with Gasteiger partial charge in [0, 0.05) is 11.9 Å². The van der Waals surface area contributed by atoms with E-state index < -0.39 is 11.5 Å². The molecule has 0 saturated heterocycles. The third-order valence-electron chi connectivity index (χ3n) is 4.31. The van der Waals surface area contributed by atoms with E-state index in [-0.39, 0.29) is 16.7 Å². The number of aromatic nitrogens is 3. The minimum atomic E-state index is -0.557. The van der Waals surface area contributed by atoms with E-state index in [0.29, 0.717) is 22.3 Å². The van der Waals surface area contributed by atoms with Crippen LogP contribution in [0.2, 0.25) is 5.15 Å². The molecule has 0 unspecified atom stereocenters. The number of nitrogens with one attached hydrogen (secondary N) is 1. The Balaban J connectivity index is 1.88. The van der Waals surface area contributed by atoms with Gasteiger partial charge < -0.3 is 10.1 Å². The summed E-state index contributed by atoms with van der Waals surface area (Å²) in [5.74, 6) is 0.00300. The molecule has 0 fully saturated rings. The molecule has 4 rings (SSSR count). The quantitative estimate of drug-likeness (QED) is 0.522. The molecule has 0 aliphatic rings. The summed E-state index contributed by atoms with van der Waals surface area (Å²) in [4.78, 5) is 34.7. The summed E-state index contributed by atoms with van der Waals surface area (Å²) in [7, 11) is 1.56. The number of methoxy groups -OCH3 is 1. The van der Waals surface area contributed by atoms with Crippen LogP contribution in [0.4, 0.5) is 5.69 Å². The van der Waals surface area contributed by atoms with Gasteiger partial charge in [-0.2, -0.15) is 0 Å². The van der Waals surface area contributed by atoms with E-state index in [1.807, 2.05) is 0 Å². The Labute approximate surface area is 170 Å². The summed E-state index contributed by atoms with van der Waals surface area (Å²) in [5, 5.41) is 3.21. The van der Waals surface area contributed by atoms with Gasteiger partial charge in [0.05, 0.1) is 23.7 Å². The second kappa shape index (κ2) is 7.73. The zero-order valence-corrected chi connectivity index (χ0v) is 16.1. The number of anilines is 1. The molecule has 0 bridgehead atoms. The number of pyridine rings is 1. The van der Waals surface area contributed by atoms with Gasteiger partial charge in [0.1, 0.15) is 5.75 Å². The second-order valence-electron chi connectivity index (χ2n) is 6.09. The molecule has 144 valence electrons. The lowest BCUT2D eigenvalue weighted by Crippen LogP contribution is -2.29. The predicted octanol–water partition coefficient (Wildman–Crippen LogP) is 3.70. The Morgan fingerprint density at radius 3 is 2.55 bits per heavy atom. The molecular weight excluding hydrogens is 392 g/mol. The van der Waals surface area contributed by atoms with Crippen LogP contribution in [0.1, 0.15) is 10.6 Å². The maximum absolute atomic E-state index is 13.2. The molecule has 2 aromatic carbocycles. The fraction of sp³-hybridized carbons (Fsp3) is 0.0476. The summed E-state index contributed by atoms with van der Waals surface area (Å²) >= 11 is 6.21. The molecule has 7 nitrogen and oxygen atoms in total. The molecular formula is C21H15ClN4O3. The van der Waals surface area contributed by atoms with Gasteiger partial charge in [0.15, 0.2) is 5.15 Å². The van der Waals surface area contributed by atoms with E-state index in [1.165, 1.54) is 10.8 Å². The number of ether oxygens (including phenoxy) is 1. The Morgan fingerprint density at radius 1 is 1.07 bits per heavy atom. The maximum Gasteiger partial charge on any atom is 0.292 e. The van der Waals surface area contributed by atoms with Gasteiger partial charge in [-0.3, -0.25) is 14.2 Å². The van der Waals surface area contributed by atoms with Gasteiger partial charge in [-0.15, -0.1) is 0 Å². The van der Waals surface area contributed by atoms with Crippen molar-refractivity contribution in [2.45, 2.75) is 0 Å². The van der Waals surface area contributed by atoms with Crippen LogP contribution < -0.4 is 15.6 Å². The zero-order chi connectivity index (χ0) is 20.4. The third kappa shape index (κ3) is 3.55. The number of amides is 1. The van der Waals surface area contributed by atoms with Crippen LogP contribution in [0.3, 0.4) is 0 Å². The van der Waals surface area contributed by atoms with Crippen LogP contribution >= 0.6 is 11.6 Å². The summed E-state index contributed by atoms with van der Waals surface area (Å²) in [6.45, 7) is 0. The molecule has 1 amide bonds. The molecule has 2 heterocycles. The minimum Gasteiger partial charge on any atom is -0.497 e. The average molecular weight is 407 g/mol. The SMILES string of the molecule is COc1ccc(NC(=O)c2nc3ccccc3c(=O)n2-c2cccnc2Cl)cc1. The fourth-order valence-corrected chi connectivity index (χ4v) is 3.12. The first kappa shape index (κ1) is 18.6. The molecule has 0 radical (unpaired) electrons. The van der Waals surface area contributed by atoms with Crippen molar-refractivity contribution in [1.82, 2.24) is 14.5 Å². The Hall–Kier alpha value is -3.71. The average Bonchev–Trinajstić information content (AvgIpc) is 2.75. The van der Waals surface area contributed by atoms with Crippen LogP contribution in [-0.4, -0.2) is 27.6 Å². The molecule has 0 atom stereocenters. The van der Waals surface area contributed by atoms with Crippen LogP contribution in [-0.2, 0) is 0 Å². The largest absolute Gasteiger partial charge is 0.497 e. The predicted molar refractivity (Wildman–Crippen MR) is 111 cm³/mol. The summed E-state index contributed by atoms with van der Waals surface area (Å²) in [5.41, 5.74) is 0.804. The lowest BCUT2D eigenvalue weighted by atomic mass is 10.2. The topological polar surface area (TPSA) is 86.1 Å². The number of benzene rings is 2. The number of nitrogens with zero attached hydrogens (tertiary/aromatic N) is 3. The van der Waals surface area contributed by atoms with E-state index >= 15 is 0 Å². The summed E-state index contributed by atoms with van der Waals surface area (Å²) < 4.78 is 6.30.